The number of carbonyl (C=O) groups excluding carboxylic acids is 2. The van der Waals surface area contributed by atoms with Crippen LogP contribution in [0.15, 0.2) is 18.2 Å². The molecule has 0 aliphatic rings. The Kier molecular flexibility index (Phi) is 5.61. The first kappa shape index (κ1) is 16.4. The molecule has 1 aromatic rings. The third kappa shape index (κ3) is 3.89. The minimum atomic E-state index is -1.56. The van der Waals surface area contributed by atoms with Gasteiger partial charge in [-0.05, 0) is 6.07 Å². The van der Waals surface area contributed by atoms with Gasteiger partial charge in [-0.15, -0.1) is 0 Å². The van der Waals surface area contributed by atoms with Gasteiger partial charge in [-0.3, -0.25) is 14.9 Å². The summed E-state index contributed by atoms with van der Waals surface area (Å²) in [6.45, 7) is -0.444. The number of methoxy groups -OCH3 is 2. The number of rotatable bonds is 6. The van der Waals surface area contributed by atoms with Crippen LogP contribution in [0.3, 0.4) is 0 Å². The lowest BCUT2D eigenvalue weighted by Gasteiger charge is -2.11. The van der Waals surface area contributed by atoms with E-state index in [9.17, 15) is 24.8 Å². The van der Waals surface area contributed by atoms with E-state index >= 15 is 0 Å². The summed E-state index contributed by atoms with van der Waals surface area (Å²) in [5.41, 5.74) is -0.735. The average Bonchev–Trinajstić information content (AvgIpc) is 2.50. The van der Waals surface area contributed by atoms with Gasteiger partial charge in [0.15, 0.2) is 11.7 Å². The van der Waals surface area contributed by atoms with Crippen LogP contribution in [-0.2, 0) is 9.53 Å². The molecule has 9 nitrogen and oxygen atoms in total. The summed E-state index contributed by atoms with van der Waals surface area (Å²) in [6.07, 6.45) is -1.56. The number of nitro benzene ring substituents is 1. The number of ether oxygens (including phenoxy) is 2. The molecule has 0 radical (unpaired) electrons. The summed E-state index contributed by atoms with van der Waals surface area (Å²) in [6, 6.07) is 3.91. The number of benzene rings is 1. The molecular formula is C12H14N2O7. The zero-order valence-corrected chi connectivity index (χ0v) is 11.4. The quantitative estimate of drug-likeness (QED) is 0.425. The van der Waals surface area contributed by atoms with E-state index in [1.54, 1.807) is 0 Å². The van der Waals surface area contributed by atoms with Gasteiger partial charge in [0, 0.05) is 6.07 Å². The summed E-state index contributed by atoms with van der Waals surface area (Å²) in [5.74, 6) is -1.76. The van der Waals surface area contributed by atoms with Gasteiger partial charge >= 0.3 is 5.97 Å². The van der Waals surface area contributed by atoms with Crippen molar-refractivity contribution in [2.24, 2.45) is 0 Å². The Labute approximate surface area is 119 Å². The van der Waals surface area contributed by atoms with Crippen LogP contribution < -0.4 is 10.1 Å². The van der Waals surface area contributed by atoms with Crippen LogP contribution in [-0.4, -0.2) is 48.8 Å². The van der Waals surface area contributed by atoms with Gasteiger partial charge in [0.1, 0.15) is 5.75 Å². The number of nitrogens with one attached hydrogen (secondary N) is 1. The molecule has 1 rings (SSSR count). The summed E-state index contributed by atoms with van der Waals surface area (Å²) >= 11 is 0. The predicted molar refractivity (Wildman–Crippen MR) is 70.0 cm³/mol. The van der Waals surface area contributed by atoms with Gasteiger partial charge in [0.2, 0.25) is 0 Å². The van der Waals surface area contributed by atoms with E-state index in [1.165, 1.54) is 19.2 Å². The van der Waals surface area contributed by atoms with Crippen LogP contribution in [0.5, 0.6) is 5.75 Å². The molecule has 21 heavy (non-hydrogen) atoms. The summed E-state index contributed by atoms with van der Waals surface area (Å²) in [7, 11) is 2.34. The lowest BCUT2D eigenvalue weighted by Crippen LogP contribution is -2.37. The van der Waals surface area contributed by atoms with Crippen molar-refractivity contribution in [2.75, 3.05) is 20.8 Å². The van der Waals surface area contributed by atoms with Crippen molar-refractivity contribution in [3.05, 3.63) is 33.9 Å². The third-order valence-corrected chi connectivity index (χ3v) is 2.58. The maximum Gasteiger partial charge on any atom is 0.336 e. The number of hydrogen-bond acceptors (Lipinski definition) is 7. The Bertz CT molecular complexity index is 559. The molecule has 2 N–H and O–H groups in total. The molecule has 114 valence electrons. The lowest BCUT2D eigenvalue weighted by molar-refractivity contribution is -0.385. The first-order valence-corrected chi connectivity index (χ1v) is 5.77. The molecule has 0 fully saturated rings. The first-order chi connectivity index (χ1) is 9.92. The fraction of sp³-hybridized carbons (Fsp3) is 0.333. The normalized spacial score (nSPS) is 11.4. The predicted octanol–water partition coefficient (Wildman–Crippen LogP) is -0.133. The van der Waals surface area contributed by atoms with Gasteiger partial charge in [0.25, 0.3) is 11.6 Å². The molecule has 0 aliphatic heterocycles. The summed E-state index contributed by atoms with van der Waals surface area (Å²) < 4.78 is 9.20. The molecule has 0 aromatic heterocycles. The number of carbonyl (C=O) groups is 2. The standard InChI is InChI=1S/C12H14N2O7/c1-20-9-5-3-4-7(14(18)19)10(9)11(16)13-6-8(15)12(17)21-2/h3-5,8,15H,6H2,1-2H3,(H,13,16). The van der Waals surface area contributed by atoms with Gasteiger partial charge in [-0.1, -0.05) is 6.07 Å². The van der Waals surface area contributed by atoms with Gasteiger partial charge in [0.05, 0.1) is 25.7 Å². The molecule has 0 saturated carbocycles. The largest absolute Gasteiger partial charge is 0.496 e. The van der Waals surface area contributed by atoms with Crippen molar-refractivity contribution in [1.82, 2.24) is 5.32 Å². The van der Waals surface area contributed by atoms with Crippen LogP contribution in [0.25, 0.3) is 0 Å². The van der Waals surface area contributed by atoms with E-state index in [2.05, 4.69) is 10.1 Å². The zero-order valence-electron chi connectivity index (χ0n) is 11.4. The Hall–Kier alpha value is -2.68. The first-order valence-electron chi connectivity index (χ1n) is 5.77. The minimum absolute atomic E-state index is 0.00857. The topological polar surface area (TPSA) is 128 Å². The van der Waals surface area contributed by atoms with E-state index in [-0.39, 0.29) is 11.3 Å². The average molecular weight is 298 g/mol. The monoisotopic (exact) mass is 298 g/mol. The number of hydrogen-bond donors (Lipinski definition) is 2. The Morgan fingerprint density at radius 3 is 2.62 bits per heavy atom. The molecule has 9 heteroatoms. The molecule has 1 amide bonds. The fourth-order valence-corrected chi connectivity index (χ4v) is 1.57. The van der Waals surface area contributed by atoms with Crippen molar-refractivity contribution in [3.63, 3.8) is 0 Å². The van der Waals surface area contributed by atoms with Crippen molar-refractivity contribution < 1.29 is 29.1 Å². The number of amides is 1. The molecule has 1 aromatic carbocycles. The fourth-order valence-electron chi connectivity index (χ4n) is 1.57. The SMILES string of the molecule is COC(=O)C(O)CNC(=O)c1c(OC)cccc1[N+](=O)[O-]. The van der Waals surface area contributed by atoms with Gasteiger partial charge < -0.3 is 19.9 Å². The highest BCUT2D eigenvalue weighted by atomic mass is 16.6. The van der Waals surface area contributed by atoms with Gasteiger partial charge in [-0.2, -0.15) is 0 Å². The van der Waals surface area contributed by atoms with Crippen LogP contribution in [0.2, 0.25) is 0 Å². The number of nitrogens with zero attached hydrogens (tertiary/aromatic N) is 1. The second kappa shape index (κ2) is 7.20. The third-order valence-electron chi connectivity index (χ3n) is 2.58. The maximum atomic E-state index is 12.0. The number of nitro groups is 1. The Morgan fingerprint density at radius 2 is 2.10 bits per heavy atom. The zero-order chi connectivity index (χ0) is 16.0. The molecular weight excluding hydrogens is 284 g/mol. The maximum absolute atomic E-state index is 12.0. The van der Waals surface area contributed by atoms with E-state index < -0.39 is 35.1 Å². The molecule has 1 unspecified atom stereocenters. The van der Waals surface area contributed by atoms with E-state index in [0.29, 0.717) is 0 Å². The van der Waals surface area contributed by atoms with Gasteiger partial charge in [-0.25, -0.2) is 4.79 Å². The van der Waals surface area contributed by atoms with E-state index in [1.807, 2.05) is 0 Å². The van der Waals surface area contributed by atoms with Crippen molar-refractivity contribution in [1.29, 1.82) is 0 Å². The Balaban J connectivity index is 2.96. The van der Waals surface area contributed by atoms with Crippen molar-refractivity contribution in [2.45, 2.75) is 6.10 Å². The smallest absolute Gasteiger partial charge is 0.336 e. The molecule has 0 heterocycles. The summed E-state index contributed by atoms with van der Waals surface area (Å²) in [5, 5.41) is 22.5. The Morgan fingerprint density at radius 1 is 1.43 bits per heavy atom. The molecule has 0 saturated heterocycles. The highest BCUT2D eigenvalue weighted by Gasteiger charge is 2.26. The molecule has 0 aliphatic carbocycles. The lowest BCUT2D eigenvalue weighted by atomic mass is 10.1. The highest BCUT2D eigenvalue weighted by Crippen LogP contribution is 2.27. The van der Waals surface area contributed by atoms with Crippen LogP contribution >= 0.6 is 0 Å². The van der Waals surface area contributed by atoms with Crippen LogP contribution in [0, 0.1) is 10.1 Å². The van der Waals surface area contributed by atoms with Crippen LogP contribution in [0.1, 0.15) is 10.4 Å². The highest BCUT2D eigenvalue weighted by molar-refractivity contribution is 6.01. The number of esters is 1. The molecule has 0 spiro atoms. The summed E-state index contributed by atoms with van der Waals surface area (Å²) in [4.78, 5) is 33.2. The second-order valence-electron chi connectivity index (χ2n) is 3.86. The molecule has 1 atom stereocenters. The van der Waals surface area contributed by atoms with E-state index in [4.69, 9.17) is 4.74 Å². The number of aliphatic hydroxyl groups excluding tert-OH is 1. The number of aliphatic hydroxyl groups is 1. The minimum Gasteiger partial charge on any atom is -0.496 e. The van der Waals surface area contributed by atoms with E-state index in [0.717, 1.165) is 13.2 Å². The van der Waals surface area contributed by atoms with Crippen molar-refractivity contribution >= 4 is 17.6 Å². The molecule has 0 bridgehead atoms. The van der Waals surface area contributed by atoms with Crippen LogP contribution in [0.4, 0.5) is 5.69 Å². The van der Waals surface area contributed by atoms with Crippen molar-refractivity contribution in [3.8, 4) is 5.75 Å². The second-order valence-corrected chi connectivity index (χ2v) is 3.86.